The van der Waals surface area contributed by atoms with Crippen LogP contribution >= 0.6 is 0 Å². The Bertz CT molecular complexity index is 1450. The molecular formula is C28H23FN4O2. The fraction of sp³-hybridized carbons (Fsp3) is 0.0357. The Morgan fingerprint density at radius 3 is 2.11 bits per heavy atom. The smallest absolute Gasteiger partial charge is 0.256 e. The predicted octanol–water partition coefficient (Wildman–Crippen LogP) is 5.59. The number of rotatable bonds is 6. The molecule has 0 aliphatic carbocycles. The molecule has 0 saturated carbocycles. The molecule has 4 aromatic carbocycles. The molecule has 4 rings (SSSR count). The third kappa shape index (κ3) is 5.25. The van der Waals surface area contributed by atoms with Crippen molar-refractivity contribution in [1.82, 2.24) is 0 Å². The number of amides is 2. The van der Waals surface area contributed by atoms with Gasteiger partial charge in [0.15, 0.2) is 0 Å². The summed E-state index contributed by atoms with van der Waals surface area (Å²) in [6.07, 6.45) is 0. The molecule has 0 spiro atoms. The maximum Gasteiger partial charge on any atom is 0.256 e. The Labute approximate surface area is 202 Å². The largest absolute Gasteiger partial charge is 0.384 e. The summed E-state index contributed by atoms with van der Waals surface area (Å²) in [6, 6.07) is 25.1. The second-order valence-corrected chi connectivity index (χ2v) is 7.96. The van der Waals surface area contributed by atoms with E-state index in [1.165, 1.54) is 24.3 Å². The van der Waals surface area contributed by atoms with Crippen LogP contribution in [0.25, 0.3) is 11.1 Å². The number of carbonyl (C=O) groups excluding carboxylic acids is 2. The Balaban J connectivity index is 1.55. The molecule has 0 fully saturated rings. The van der Waals surface area contributed by atoms with E-state index in [0.717, 1.165) is 11.1 Å². The Kier molecular flexibility index (Phi) is 6.69. The SMILES string of the molecule is Cc1ccccc1-c1ccc(NC(=O)c2ccccc2C(=O)Nc2cccc(C(=N)N)c2)c(F)c1. The maximum absolute atomic E-state index is 14.9. The van der Waals surface area contributed by atoms with Crippen LogP contribution in [0.3, 0.4) is 0 Å². The van der Waals surface area contributed by atoms with E-state index < -0.39 is 17.6 Å². The highest BCUT2D eigenvalue weighted by Gasteiger charge is 2.18. The highest BCUT2D eigenvalue weighted by molar-refractivity contribution is 6.15. The summed E-state index contributed by atoms with van der Waals surface area (Å²) >= 11 is 0. The van der Waals surface area contributed by atoms with Gasteiger partial charge in [-0.3, -0.25) is 15.0 Å². The molecule has 4 aromatic rings. The highest BCUT2D eigenvalue weighted by atomic mass is 19.1. The van der Waals surface area contributed by atoms with E-state index in [4.69, 9.17) is 11.1 Å². The van der Waals surface area contributed by atoms with E-state index >= 15 is 0 Å². The summed E-state index contributed by atoms with van der Waals surface area (Å²) < 4.78 is 14.9. The van der Waals surface area contributed by atoms with Crippen LogP contribution in [0.4, 0.5) is 15.8 Å². The highest BCUT2D eigenvalue weighted by Crippen LogP contribution is 2.27. The van der Waals surface area contributed by atoms with Crippen molar-refractivity contribution in [2.45, 2.75) is 6.92 Å². The summed E-state index contributed by atoms with van der Waals surface area (Å²) in [5.74, 6) is -1.85. The summed E-state index contributed by atoms with van der Waals surface area (Å²) in [5.41, 5.74) is 9.23. The average molecular weight is 467 g/mol. The molecule has 0 heterocycles. The number of nitrogen functional groups attached to an aromatic ring is 1. The van der Waals surface area contributed by atoms with Gasteiger partial charge in [0.1, 0.15) is 11.7 Å². The average Bonchev–Trinajstić information content (AvgIpc) is 2.85. The molecule has 0 radical (unpaired) electrons. The zero-order valence-corrected chi connectivity index (χ0v) is 18.9. The van der Waals surface area contributed by atoms with Crippen LogP contribution in [0.5, 0.6) is 0 Å². The van der Waals surface area contributed by atoms with Gasteiger partial charge in [0, 0.05) is 11.3 Å². The van der Waals surface area contributed by atoms with Crippen LogP contribution < -0.4 is 16.4 Å². The van der Waals surface area contributed by atoms with E-state index in [0.29, 0.717) is 16.8 Å². The van der Waals surface area contributed by atoms with Crippen molar-refractivity contribution in [2.75, 3.05) is 10.6 Å². The van der Waals surface area contributed by atoms with Crippen molar-refractivity contribution < 1.29 is 14.0 Å². The van der Waals surface area contributed by atoms with Gasteiger partial charge in [-0.25, -0.2) is 4.39 Å². The number of halogens is 1. The number of hydrogen-bond donors (Lipinski definition) is 4. The van der Waals surface area contributed by atoms with Crippen LogP contribution in [-0.2, 0) is 0 Å². The molecule has 174 valence electrons. The number of amidine groups is 1. The molecule has 5 N–H and O–H groups in total. The van der Waals surface area contributed by atoms with E-state index in [-0.39, 0.29) is 22.6 Å². The van der Waals surface area contributed by atoms with E-state index in [1.807, 2.05) is 31.2 Å². The van der Waals surface area contributed by atoms with Gasteiger partial charge in [-0.05, 0) is 60.0 Å². The lowest BCUT2D eigenvalue weighted by molar-refractivity contribution is 0.0990. The van der Waals surface area contributed by atoms with Gasteiger partial charge in [0.25, 0.3) is 11.8 Å². The minimum absolute atomic E-state index is 0.0108. The number of aryl methyl sites for hydroxylation is 1. The fourth-order valence-electron chi connectivity index (χ4n) is 3.71. The Hall–Kier alpha value is -4.78. The molecule has 0 aliphatic rings. The van der Waals surface area contributed by atoms with Crippen LogP contribution in [0.2, 0.25) is 0 Å². The molecule has 6 nitrogen and oxygen atoms in total. The third-order valence-corrected chi connectivity index (χ3v) is 5.52. The molecule has 2 amide bonds. The number of anilines is 2. The fourth-order valence-corrected chi connectivity index (χ4v) is 3.71. The predicted molar refractivity (Wildman–Crippen MR) is 136 cm³/mol. The summed E-state index contributed by atoms with van der Waals surface area (Å²) in [7, 11) is 0. The summed E-state index contributed by atoms with van der Waals surface area (Å²) in [4.78, 5) is 25.9. The molecule has 0 atom stereocenters. The molecular weight excluding hydrogens is 443 g/mol. The van der Waals surface area contributed by atoms with E-state index in [9.17, 15) is 14.0 Å². The van der Waals surface area contributed by atoms with Crippen molar-refractivity contribution in [1.29, 1.82) is 5.41 Å². The third-order valence-electron chi connectivity index (χ3n) is 5.52. The van der Waals surface area contributed by atoms with Crippen LogP contribution in [0.1, 0.15) is 31.8 Å². The minimum atomic E-state index is -0.615. The second-order valence-electron chi connectivity index (χ2n) is 7.96. The van der Waals surface area contributed by atoms with Gasteiger partial charge < -0.3 is 16.4 Å². The molecule has 7 heteroatoms. The van der Waals surface area contributed by atoms with Crippen molar-refractivity contribution in [2.24, 2.45) is 5.73 Å². The quantitative estimate of drug-likeness (QED) is 0.220. The van der Waals surface area contributed by atoms with Crippen molar-refractivity contribution >= 4 is 29.0 Å². The zero-order chi connectivity index (χ0) is 24.9. The van der Waals surface area contributed by atoms with Gasteiger partial charge in [0.2, 0.25) is 0 Å². The minimum Gasteiger partial charge on any atom is -0.384 e. The van der Waals surface area contributed by atoms with Gasteiger partial charge in [-0.15, -0.1) is 0 Å². The topological polar surface area (TPSA) is 108 Å². The lowest BCUT2D eigenvalue weighted by Crippen LogP contribution is -2.21. The molecule has 0 aromatic heterocycles. The first-order valence-corrected chi connectivity index (χ1v) is 10.9. The molecule has 0 unspecified atom stereocenters. The second kappa shape index (κ2) is 10.0. The van der Waals surface area contributed by atoms with Crippen molar-refractivity contribution in [3.8, 4) is 11.1 Å². The first kappa shape index (κ1) is 23.4. The lowest BCUT2D eigenvalue weighted by atomic mass is 10.00. The van der Waals surface area contributed by atoms with Gasteiger partial charge >= 0.3 is 0 Å². The Morgan fingerprint density at radius 2 is 1.46 bits per heavy atom. The van der Waals surface area contributed by atoms with E-state index in [2.05, 4.69) is 10.6 Å². The monoisotopic (exact) mass is 466 g/mol. The van der Waals surface area contributed by atoms with Crippen LogP contribution in [0, 0.1) is 18.2 Å². The maximum atomic E-state index is 14.9. The number of benzene rings is 4. The van der Waals surface area contributed by atoms with Crippen LogP contribution in [0.15, 0.2) is 91.0 Å². The summed E-state index contributed by atoms with van der Waals surface area (Å²) in [6.45, 7) is 1.95. The lowest BCUT2D eigenvalue weighted by Gasteiger charge is -2.13. The van der Waals surface area contributed by atoms with Gasteiger partial charge in [0.05, 0.1) is 16.8 Å². The van der Waals surface area contributed by atoms with E-state index in [1.54, 1.807) is 42.5 Å². The normalized spacial score (nSPS) is 10.5. The number of nitrogens with two attached hydrogens (primary N) is 1. The molecule has 0 bridgehead atoms. The first-order valence-electron chi connectivity index (χ1n) is 10.9. The van der Waals surface area contributed by atoms with Crippen LogP contribution in [-0.4, -0.2) is 17.6 Å². The standard InChI is InChI=1S/C28H23FN4O2/c1-17-7-2-3-10-21(17)18-13-14-25(24(29)16-18)33-28(35)23-12-5-4-11-22(23)27(34)32-20-9-6-8-19(15-20)26(30)31/h2-16H,1H3,(H3,30,31)(H,32,34)(H,33,35). The Morgan fingerprint density at radius 1 is 0.800 bits per heavy atom. The molecule has 0 saturated heterocycles. The summed E-state index contributed by atoms with van der Waals surface area (Å²) in [5, 5.41) is 12.8. The number of nitrogens with one attached hydrogen (secondary N) is 3. The van der Waals surface area contributed by atoms with Gasteiger partial charge in [-0.2, -0.15) is 0 Å². The molecule has 35 heavy (non-hydrogen) atoms. The zero-order valence-electron chi connectivity index (χ0n) is 18.9. The number of hydrogen-bond acceptors (Lipinski definition) is 3. The van der Waals surface area contributed by atoms with Gasteiger partial charge in [-0.1, -0.05) is 54.6 Å². The number of carbonyl (C=O) groups is 2. The first-order chi connectivity index (χ1) is 16.8. The molecule has 0 aliphatic heterocycles. The van der Waals surface area contributed by atoms with Crippen molar-refractivity contribution in [3.63, 3.8) is 0 Å². The van der Waals surface area contributed by atoms with Crippen molar-refractivity contribution in [3.05, 3.63) is 119 Å².